The number of amides is 1. The van der Waals surface area contributed by atoms with Crippen LogP contribution >= 0.6 is 11.3 Å². The third-order valence-electron chi connectivity index (χ3n) is 7.53. The maximum absolute atomic E-state index is 13.3. The van der Waals surface area contributed by atoms with Gasteiger partial charge in [0.1, 0.15) is 5.78 Å². The second-order valence-corrected chi connectivity index (χ2v) is 11.8. The number of hydrogen-bond donors (Lipinski definition) is 3. The molecule has 0 saturated heterocycles. The summed E-state index contributed by atoms with van der Waals surface area (Å²) in [7, 11) is 0. The van der Waals surface area contributed by atoms with Crippen molar-refractivity contribution in [2.75, 3.05) is 0 Å². The fourth-order valence-corrected chi connectivity index (χ4v) is 5.39. The van der Waals surface area contributed by atoms with Gasteiger partial charge in [0.2, 0.25) is 5.91 Å². The molecule has 0 fully saturated rings. The Morgan fingerprint density at radius 1 is 1.29 bits per heavy atom. The Hall–Kier alpha value is -1.83. The van der Waals surface area contributed by atoms with Gasteiger partial charge in [0.15, 0.2) is 0 Å². The quantitative estimate of drug-likeness (QED) is 0.490. The van der Waals surface area contributed by atoms with Crippen LogP contribution in [0.25, 0.3) is 6.08 Å². The van der Waals surface area contributed by atoms with E-state index in [0.29, 0.717) is 6.42 Å². The third-order valence-corrected chi connectivity index (χ3v) is 8.32. The molecular weight excluding hydrogens is 460 g/mol. The van der Waals surface area contributed by atoms with Crippen LogP contribution in [0.1, 0.15) is 90.8 Å². The molecule has 0 saturated carbocycles. The van der Waals surface area contributed by atoms with Crippen molar-refractivity contribution in [1.29, 1.82) is 0 Å². The Labute approximate surface area is 214 Å². The summed E-state index contributed by atoms with van der Waals surface area (Å²) >= 11 is 1.59. The summed E-state index contributed by atoms with van der Waals surface area (Å²) in [4.78, 5) is 30.8. The van der Waals surface area contributed by atoms with Gasteiger partial charge in [0.05, 0.1) is 40.8 Å². The predicted octanol–water partition coefficient (Wildman–Crippen LogP) is 5.23. The standard InChI is InChI=1S/C28H44N2O4S/c1-8-21-11-9-10-17(2)12-13-23(18(3)14-22-16-35-20(5)29-22)30-25(32)15-24(31)28(6,7)27(34)19(4)26(21)33/h12,14,16,19,21,23-24,26,31,33H,8-11,13,15H2,1-7H3,(H,30,32). The molecule has 5 unspecified atom stereocenters. The molecule has 6 nitrogen and oxygen atoms in total. The van der Waals surface area contributed by atoms with Crippen molar-refractivity contribution in [1.82, 2.24) is 10.3 Å². The van der Waals surface area contributed by atoms with E-state index in [1.54, 1.807) is 32.1 Å². The highest BCUT2D eigenvalue weighted by molar-refractivity contribution is 7.09. The summed E-state index contributed by atoms with van der Waals surface area (Å²) in [6, 6.07) is -0.234. The Kier molecular flexibility index (Phi) is 10.9. The number of hydrogen-bond acceptors (Lipinski definition) is 6. The Morgan fingerprint density at radius 3 is 2.57 bits per heavy atom. The van der Waals surface area contributed by atoms with Crippen molar-refractivity contribution in [2.45, 2.75) is 105 Å². The summed E-state index contributed by atoms with van der Waals surface area (Å²) in [5.41, 5.74) is 1.95. The van der Waals surface area contributed by atoms with Gasteiger partial charge in [-0.1, -0.05) is 45.8 Å². The van der Waals surface area contributed by atoms with Crippen molar-refractivity contribution in [3.05, 3.63) is 33.3 Å². The smallest absolute Gasteiger partial charge is 0.223 e. The van der Waals surface area contributed by atoms with Gasteiger partial charge in [0.25, 0.3) is 0 Å². The van der Waals surface area contributed by atoms with Crippen LogP contribution < -0.4 is 5.32 Å². The first kappa shape index (κ1) is 29.4. The molecule has 0 spiro atoms. The molecule has 0 aromatic carbocycles. The minimum atomic E-state index is -1.15. The van der Waals surface area contributed by atoms with E-state index in [9.17, 15) is 19.8 Å². The first-order chi connectivity index (χ1) is 16.4. The Balaban J connectivity index is 2.35. The first-order valence-corrected chi connectivity index (χ1v) is 13.7. The predicted molar refractivity (Wildman–Crippen MR) is 143 cm³/mol. The second kappa shape index (κ2) is 12.9. The molecule has 7 heteroatoms. The molecule has 2 rings (SSSR count). The molecule has 1 amide bonds. The third kappa shape index (κ3) is 8.09. The van der Waals surface area contributed by atoms with Crippen molar-refractivity contribution in [3.63, 3.8) is 0 Å². The van der Waals surface area contributed by atoms with Crippen LogP contribution in [-0.2, 0) is 9.59 Å². The topological polar surface area (TPSA) is 99.5 Å². The monoisotopic (exact) mass is 504 g/mol. The van der Waals surface area contributed by atoms with E-state index in [1.165, 1.54) is 5.57 Å². The van der Waals surface area contributed by atoms with Gasteiger partial charge in [-0.3, -0.25) is 9.59 Å². The van der Waals surface area contributed by atoms with E-state index >= 15 is 0 Å². The molecule has 1 aliphatic heterocycles. The number of carbonyl (C=O) groups is 2. The average molecular weight is 505 g/mol. The Morgan fingerprint density at radius 2 is 1.97 bits per heavy atom. The van der Waals surface area contributed by atoms with Crippen molar-refractivity contribution < 1.29 is 19.8 Å². The molecule has 0 aliphatic carbocycles. The van der Waals surface area contributed by atoms with Crippen LogP contribution in [0, 0.1) is 24.2 Å². The minimum Gasteiger partial charge on any atom is -0.392 e. The van der Waals surface area contributed by atoms with E-state index in [-0.39, 0.29) is 30.1 Å². The van der Waals surface area contributed by atoms with E-state index < -0.39 is 23.5 Å². The number of Topliss-reactive ketones (excluding diaryl/α,β-unsaturated/α-hetero) is 1. The van der Waals surface area contributed by atoms with Crippen molar-refractivity contribution in [3.8, 4) is 0 Å². The van der Waals surface area contributed by atoms with Crippen LogP contribution in [-0.4, -0.2) is 45.1 Å². The molecule has 196 valence electrons. The lowest BCUT2D eigenvalue weighted by Crippen LogP contribution is -2.47. The molecule has 35 heavy (non-hydrogen) atoms. The zero-order chi connectivity index (χ0) is 26.3. The summed E-state index contributed by atoms with van der Waals surface area (Å²) < 4.78 is 0. The molecule has 3 N–H and O–H groups in total. The number of nitrogens with one attached hydrogen (secondary N) is 1. The summed E-state index contributed by atoms with van der Waals surface area (Å²) in [6.07, 6.45) is 6.16. The molecule has 0 radical (unpaired) electrons. The van der Waals surface area contributed by atoms with Gasteiger partial charge in [-0.25, -0.2) is 4.98 Å². The number of thiazole rings is 1. The summed E-state index contributed by atoms with van der Waals surface area (Å²) in [5.74, 6) is -1.11. The molecule has 2 heterocycles. The van der Waals surface area contributed by atoms with Crippen molar-refractivity contribution >= 4 is 29.1 Å². The largest absolute Gasteiger partial charge is 0.392 e. The number of ketones is 1. The highest BCUT2D eigenvalue weighted by Crippen LogP contribution is 2.33. The SMILES string of the molecule is CCC1CCCC(C)=CCC(C(C)=Cc2csc(C)n2)NC(=O)CC(O)C(C)(C)C(=O)C(C)C1O. The maximum atomic E-state index is 13.3. The molecule has 1 aromatic heterocycles. The lowest BCUT2D eigenvalue weighted by molar-refractivity contribution is -0.143. The molecule has 1 aromatic rings. The zero-order valence-corrected chi connectivity index (χ0v) is 23.2. The van der Waals surface area contributed by atoms with E-state index in [0.717, 1.165) is 42.0 Å². The number of aliphatic hydroxyl groups is 2. The van der Waals surface area contributed by atoms with E-state index in [1.807, 2.05) is 32.2 Å². The zero-order valence-electron chi connectivity index (χ0n) is 22.4. The molecule has 0 bridgehead atoms. The number of allylic oxidation sites excluding steroid dienone is 1. The van der Waals surface area contributed by atoms with Gasteiger partial charge in [0, 0.05) is 11.3 Å². The number of aliphatic hydroxyl groups excluding tert-OH is 2. The van der Waals surface area contributed by atoms with Crippen LogP contribution in [0.5, 0.6) is 0 Å². The normalized spacial score (nSPS) is 30.0. The van der Waals surface area contributed by atoms with E-state index in [2.05, 4.69) is 23.3 Å². The van der Waals surface area contributed by atoms with Crippen LogP contribution in [0.15, 0.2) is 22.6 Å². The van der Waals surface area contributed by atoms with Gasteiger partial charge in [-0.15, -0.1) is 11.3 Å². The van der Waals surface area contributed by atoms with Crippen LogP contribution in [0.4, 0.5) is 0 Å². The fourth-order valence-electron chi connectivity index (χ4n) is 4.82. The Bertz CT molecular complexity index is 933. The van der Waals surface area contributed by atoms with Crippen molar-refractivity contribution in [2.24, 2.45) is 17.3 Å². The van der Waals surface area contributed by atoms with Gasteiger partial charge < -0.3 is 15.5 Å². The maximum Gasteiger partial charge on any atom is 0.223 e. The second-order valence-electron chi connectivity index (χ2n) is 10.7. The molecule has 1 aliphatic rings. The number of rotatable bonds is 3. The lowest BCUT2D eigenvalue weighted by atomic mass is 9.72. The lowest BCUT2D eigenvalue weighted by Gasteiger charge is -2.35. The molecule has 5 atom stereocenters. The fraction of sp³-hybridized carbons (Fsp3) is 0.679. The van der Waals surface area contributed by atoms with Gasteiger partial charge >= 0.3 is 0 Å². The van der Waals surface area contributed by atoms with Gasteiger partial charge in [-0.05, 0) is 64.0 Å². The summed E-state index contributed by atoms with van der Waals surface area (Å²) in [6.45, 7) is 13.2. The first-order valence-electron chi connectivity index (χ1n) is 12.8. The number of carbonyl (C=O) groups excluding carboxylic acids is 2. The highest BCUT2D eigenvalue weighted by atomic mass is 32.1. The average Bonchev–Trinajstić information content (AvgIpc) is 3.21. The number of nitrogens with zero attached hydrogens (tertiary/aromatic N) is 1. The minimum absolute atomic E-state index is 0.0189. The van der Waals surface area contributed by atoms with Gasteiger partial charge in [-0.2, -0.15) is 0 Å². The number of aryl methyl sites for hydroxylation is 1. The summed E-state index contributed by atoms with van der Waals surface area (Å²) in [5, 5.41) is 27.9. The van der Waals surface area contributed by atoms with Crippen LogP contribution in [0.3, 0.4) is 0 Å². The van der Waals surface area contributed by atoms with E-state index in [4.69, 9.17) is 0 Å². The molecular formula is C28H44N2O4S. The highest BCUT2D eigenvalue weighted by Gasteiger charge is 2.42. The number of aromatic nitrogens is 1. The van der Waals surface area contributed by atoms with Crippen LogP contribution in [0.2, 0.25) is 0 Å².